The Morgan fingerprint density at radius 1 is 0.721 bits per heavy atom. The van der Waals surface area contributed by atoms with Gasteiger partial charge in [0.1, 0.15) is 6.54 Å². The molecular formula is C34H32N4O5. The lowest BCUT2D eigenvalue weighted by Crippen LogP contribution is -2.40. The van der Waals surface area contributed by atoms with Crippen LogP contribution >= 0.6 is 0 Å². The van der Waals surface area contributed by atoms with Gasteiger partial charge in [0.2, 0.25) is 5.91 Å². The minimum absolute atomic E-state index is 0.0469. The lowest BCUT2D eigenvalue weighted by Gasteiger charge is -2.24. The highest BCUT2D eigenvalue weighted by Gasteiger charge is 2.33. The predicted molar refractivity (Wildman–Crippen MR) is 164 cm³/mol. The van der Waals surface area contributed by atoms with Gasteiger partial charge in [-0.1, -0.05) is 78.9 Å². The zero-order valence-corrected chi connectivity index (χ0v) is 23.5. The van der Waals surface area contributed by atoms with Crippen LogP contribution in [0, 0.1) is 0 Å². The van der Waals surface area contributed by atoms with Gasteiger partial charge < -0.3 is 21.1 Å². The molecule has 0 bridgehead atoms. The molecule has 1 aliphatic heterocycles. The highest BCUT2D eigenvalue weighted by molar-refractivity contribution is 6.11. The van der Waals surface area contributed by atoms with Gasteiger partial charge in [0, 0.05) is 42.4 Å². The average molecular weight is 577 g/mol. The lowest BCUT2D eigenvalue weighted by molar-refractivity contribution is -0.137. The van der Waals surface area contributed by atoms with E-state index in [1.54, 1.807) is 36.4 Å². The highest BCUT2D eigenvalue weighted by Crippen LogP contribution is 2.40. The van der Waals surface area contributed by atoms with Crippen LogP contribution in [-0.2, 0) is 22.7 Å². The number of carbonyl (C=O) groups excluding carboxylic acids is 3. The largest absolute Gasteiger partial charge is 0.481 e. The second-order valence-electron chi connectivity index (χ2n) is 10.3. The van der Waals surface area contributed by atoms with E-state index in [1.807, 2.05) is 66.7 Å². The number of nitrogens with one attached hydrogen (secondary N) is 3. The molecule has 1 aliphatic rings. The zero-order chi connectivity index (χ0) is 30.2. The van der Waals surface area contributed by atoms with Gasteiger partial charge in [-0.2, -0.15) is 0 Å². The number of amides is 4. The number of carbonyl (C=O) groups is 4. The summed E-state index contributed by atoms with van der Waals surface area (Å²) in [6, 6.07) is 30.9. The Balaban J connectivity index is 1.22. The average Bonchev–Trinajstić information content (AvgIpc) is 3.12. The third-order valence-electron chi connectivity index (χ3n) is 7.36. The molecule has 0 radical (unpaired) electrons. The molecule has 1 atom stereocenters. The van der Waals surface area contributed by atoms with Crippen molar-refractivity contribution in [1.29, 1.82) is 0 Å². The first-order chi connectivity index (χ1) is 20.9. The fourth-order valence-electron chi connectivity index (χ4n) is 5.24. The Hall–Kier alpha value is -5.44. The smallest absolute Gasteiger partial charge is 0.319 e. The quantitative estimate of drug-likeness (QED) is 0.204. The fraction of sp³-hybridized carbons (Fsp3) is 0.176. The summed E-state index contributed by atoms with van der Waals surface area (Å²) in [7, 11) is 0. The number of nitrogens with zero attached hydrogens (tertiary/aromatic N) is 1. The molecule has 9 nitrogen and oxygen atoms in total. The number of hydrogen-bond donors (Lipinski definition) is 4. The molecule has 5 rings (SSSR count). The normalized spacial score (nSPS) is 13.7. The number of urea groups is 1. The Kier molecular flexibility index (Phi) is 9.11. The maximum atomic E-state index is 13.7. The molecule has 218 valence electrons. The van der Waals surface area contributed by atoms with Crippen molar-refractivity contribution in [2.24, 2.45) is 0 Å². The summed E-state index contributed by atoms with van der Waals surface area (Å²) in [5, 5.41) is 17.8. The van der Waals surface area contributed by atoms with Crippen LogP contribution in [0.2, 0.25) is 0 Å². The van der Waals surface area contributed by atoms with Crippen molar-refractivity contribution in [1.82, 2.24) is 10.6 Å². The lowest BCUT2D eigenvalue weighted by atomic mass is 9.85. The molecule has 0 saturated heterocycles. The van der Waals surface area contributed by atoms with E-state index in [1.165, 1.54) is 4.90 Å². The van der Waals surface area contributed by atoms with Crippen molar-refractivity contribution in [3.63, 3.8) is 0 Å². The molecule has 9 heteroatoms. The zero-order valence-electron chi connectivity index (χ0n) is 23.5. The monoisotopic (exact) mass is 576 g/mol. The van der Waals surface area contributed by atoms with Crippen LogP contribution < -0.4 is 20.9 Å². The molecule has 1 unspecified atom stereocenters. The van der Waals surface area contributed by atoms with E-state index in [0.29, 0.717) is 29.9 Å². The number of carboxylic acid groups (broad SMARTS) is 1. The van der Waals surface area contributed by atoms with Gasteiger partial charge in [-0.05, 0) is 52.9 Å². The molecule has 4 aromatic carbocycles. The first kappa shape index (κ1) is 29.1. The number of rotatable bonds is 10. The van der Waals surface area contributed by atoms with Crippen LogP contribution in [0.15, 0.2) is 103 Å². The SMILES string of the molecule is O=C(O)CCC1c2ccccc2C(=O)N(CC(=O)NCc2ccc(NC(=O)NCc3ccccc3)cc2)c2ccccc21. The summed E-state index contributed by atoms with van der Waals surface area (Å²) < 4.78 is 0. The van der Waals surface area contributed by atoms with Crippen molar-refractivity contribution >= 4 is 35.2 Å². The molecular weight excluding hydrogens is 544 g/mol. The van der Waals surface area contributed by atoms with E-state index in [9.17, 15) is 24.3 Å². The number of aliphatic carboxylic acids is 1. The van der Waals surface area contributed by atoms with Crippen LogP contribution in [0.4, 0.5) is 16.2 Å². The Morgan fingerprint density at radius 3 is 2.09 bits per heavy atom. The predicted octanol–water partition coefficient (Wildman–Crippen LogP) is 5.28. The molecule has 0 saturated carbocycles. The van der Waals surface area contributed by atoms with E-state index in [-0.39, 0.29) is 43.3 Å². The molecule has 4 amide bonds. The standard InChI is InChI=1S/C34H32N4O5/c39-31(35-20-24-14-16-25(17-15-24)37-34(43)36-21-23-8-2-1-3-9-23)22-38-30-13-7-6-11-28(30)27(18-19-32(40)41)26-10-4-5-12-29(26)33(38)42/h1-17,27H,18-22H2,(H,35,39)(H,40,41)(H2,36,37,43). The Bertz CT molecular complexity index is 1620. The van der Waals surface area contributed by atoms with Gasteiger partial charge in [-0.3, -0.25) is 19.3 Å². The van der Waals surface area contributed by atoms with E-state index >= 15 is 0 Å². The van der Waals surface area contributed by atoms with Gasteiger partial charge >= 0.3 is 12.0 Å². The number of benzene rings is 4. The van der Waals surface area contributed by atoms with E-state index in [0.717, 1.165) is 22.3 Å². The van der Waals surface area contributed by atoms with Crippen molar-refractivity contribution in [3.8, 4) is 0 Å². The second-order valence-corrected chi connectivity index (χ2v) is 10.3. The van der Waals surface area contributed by atoms with Crippen LogP contribution in [0.5, 0.6) is 0 Å². The first-order valence-electron chi connectivity index (χ1n) is 14.0. The fourth-order valence-corrected chi connectivity index (χ4v) is 5.24. The van der Waals surface area contributed by atoms with Crippen molar-refractivity contribution in [2.45, 2.75) is 31.8 Å². The van der Waals surface area contributed by atoms with Gasteiger partial charge in [0.15, 0.2) is 0 Å². The topological polar surface area (TPSA) is 128 Å². The molecule has 1 heterocycles. The highest BCUT2D eigenvalue weighted by atomic mass is 16.4. The Labute approximate surface area is 249 Å². The maximum absolute atomic E-state index is 13.7. The number of para-hydroxylation sites is 1. The summed E-state index contributed by atoms with van der Waals surface area (Å²) in [4.78, 5) is 52.0. The summed E-state index contributed by atoms with van der Waals surface area (Å²) >= 11 is 0. The van der Waals surface area contributed by atoms with Gasteiger partial charge in [-0.15, -0.1) is 0 Å². The summed E-state index contributed by atoms with van der Waals surface area (Å²) in [6.07, 6.45) is 0.283. The summed E-state index contributed by atoms with van der Waals surface area (Å²) in [6.45, 7) is 0.452. The molecule has 4 aromatic rings. The van der Waals surface area contributed by atoms with Crippen LogP contribution in [0.3, 0.4) is 0 Å². The molecule has 0 aliphatic carbocycles. The summed E-state index contributed by atoms with van der Waals surface area (Å²) in [5.74, 6) is -1.85. The molecule has 0 spiro atoms. The summed E-state index contributed by atoms with van der Waals surface area (Å²) in [5.41, 5.74) is 5.05. The minimum Gasteiger partial charge on any atom is -0.481 e. The molecule has 0 fully saturated rings. The van der Waals surface area contributed by atoms with Crippen LogP contribution in [0.1, 0.15) is 51.4 Å². The maximum Gasteiger partial charge on any atom is 0.319 e. The van der Waals surface area contributed by atoms with E-state index in [4.69, 9.17) is 0 Å². The van der Waals surface area contributed by atoms with Crippen molar-refractivity contribution < 1.29 is 24.3 Å². The Morgan fingerprint density at radius 2 is 1.35 bits per heavy atom. The van der Waals surface area contributed by atoms with Crippen LogP contribution in [-0.4, -0.2) is 35.5 Å². The van der Waals surface area contributed by atoms with E-state index in [2.05, 4.69) is 16.0 Å². The third-order valence-corrected chi connectivity index (χ3v) is 7.36. The third kappa shape index (κ3) is 7.26. The number of carboxylic acids is 1. The van der Waals surface area contributed by atoms with Gasteiger partial charge in [0.05, 0.1) is 0 Å². The van der Waals surface area contributed by atoms with Gasteiger partial charge in [-0.25, -0.2) is 4.79 Å². The minimum atomic E-state index is -0.906. The first-order valence-corrected chi connectivity index (χ1v) is 14.0. The van der Waals surface area contributed by atoms with Crippen molar-refractivity contribution in [2.75, 3.05) is 16.8 Å². The molecule has 0 aromatic heterocycles. The van der Waals surface area contributed by atoms with Gasteiger partial charge in [0.25, 0.3) is 5.91 Å². The number of hydrogen-bond acceptors (Lipinski definition) is 4. The number of fused-ring (bicyclic) bond motifs is 2. The molecule has 4 N–H and O–H groups in total. The molecule has 43 heavy (non-hydrogen) atoms. The van der Waals surface area contributed by atoms with E-state index < -0.39 is 5.97 Å². The van der Waals surface area contributed by atoms with Crippen molar-refractivity contribution in [3.05, 3.63) is 131 Å². The second kappa shape index (κ2) is 13.5. The number of anilines is 2. The van der Waals surface area contributed by atoms with Crippen LogP contribution in [0.25, 0.3) is 0 Å².